The van der Waals surface area contributed by atoms with Crippen LogP contribution in [0.1, 0.15) is 25.7 Å². The van der Waals surface area contributed by atoms with E-state index >= 15 is 0 Å². The van der Waals surface area contributed by atoms with Crippen LogP contribution in [0.2, 0.25) is 0 Å². The van der Waals surface area contributed by atoms with Gasteiger partial charge in [0, 0.05) is 19.2 Å². The molecule has 1 aliphatic carbocycles. The molecule has 1 saturated heterocycles. The lowest BCUT2D eigenvalue weighted by atomic mass is 9.61. The smallest absolute Gasteiger partial charge is 0.287 e. The summed E-state index contributed by atoms with van der Waals surface area (Å²) in [6.07, 6.45) is 5.20. The van der Waals surface area contributed by atoms with Gasteiger partial charge in [-0.25, -0.2) is 4.98 Å². The van der Waals surface area contributed by atoms with Crippen molar-refractivity contribution >= 4 is 11.5 Å². The Morgan fingerprint density at radius 1 is 1.37 bits per heavy atom. The quantitative estimate of drug-likeness (QED) is 0.649. The molecule has 3 rings (SSSR count). The highest BCUT2D eigenvalue weighted by molar-refractivity contribution is 5.43. The van der Waals surface area contributed by atoms with Gasteiger partial charge in [0.2, 0.25) is 0 Å². The molecule has 1 N–H and O–H groups in total. The number of piperidine rings is 1. The molecule has 1 aromatic heterocycles. The Bertz CT molecular complexity index is 472. The van der Waals surface area contributed by atoms with Gasteiger partial charge in [0.15, 0.2) is 0 Å². The van der Waals surface area contributed by atoms with Crippen LogP contribution in [0, 0.1) is 15.5 Å². The number of hydrogen-bond acceptors (Lipinski definition) is 5. The molecular formula is C13H17N3O3. The maximum Gasteiger partial charge on any atom is 0.287 e. The van der Waals surface area contributed by atoms with E-state index in [-0.39, 0.29) is 11.8 Å². The van der Waals surface area contributed by atoms with E-state index in [0.29, 0.717) is 5.41 Å². The topological polar surface area (TPSA) is 79.5 Å². The zero-order valence-corrected chi connectivity index (χ0v) is 10.7. The molecule has 0 bridgehead atoms. The summed E-state index contributed by atoms with van der Waals surface area (Å²) in [4.78, 5) is 16.5. The second kappa shape index (κ2) is 4.45. The highest BCUT2D eigenvalue weighted by Crippen LogP contribution is 2.49. The largest absolute Gasteiger partial charge is 0.393 e. The average Bonchev–Trinajstić information content (AvgIpc) is 2.38. The van der Waals surface area contributed by atoms with Crippen LogP contribution < -0.4 is 4.90 Å². The summed E-state index contributed by atoms with van der Waals surface area (Å²) in [5.41, 5.74) is 0.371. The minimum absolute atomic E-state index is 0.0272. The minimum atomic E-state index is -0.433. The van der Waals surface area contributed by atoms with Crippen molar-refractivity contribution in [2.24, 2.45) is 5.41 Å². The molecule has 6 nitrogen and oxygen atoms in total. The lowest BCUT2D eigenvalue weighted by Gasteiger charge is -2.50. The van der Waals surface area contributed by atoms with Gasteiger partial charge < -0.3 is 10.0 Å². The summed E-state index contributed by atoms with van der Waals surface area (Å²) in [6.45, 7) is 1.83. The zero-order valence-electron chi connectivity index (χ0n) is 10.7. The van der Waals surface area contributed by atoms with Crippen molar-refractivity contribution in [3.05, 3.63) is 28.4 Å². The third-order valence-electron chi connectivity index (χ3n) is 4.43. The normalized spacial score (nSPS) is 22.3. The molecule has 0 aromatic carbocycles. The van der Waals surface area contributed by atoms with Crippen molar-refractivity contribution in [1.82, 2.24) is 4.98 Å². The predicted octanol–water partition coefficient (Wildman–Crippen LogP) is 1.73. The van der Waals surface area contributed by atoms with E-state index in [0.717, 1.165) is 44.6 Å². The number of nitro groups is 1. The third-order valence-corrected chi connectivity index (χ3v) is 4.43. The monoisotopic (exact) mass is 263 g/mol. The fraction of sp³-hybridized carbons (Fsp3) is 0.615. The van der Waals surface area contributed by atoms with Crippen molar-refractivity contribution in [3.8, 4) is 0 Å². The molecule has 102 valence electrons. The number of nitrogens with zero attached hydrogens (tertiary/aromatic N) is 3. The zero-order chi connectivity index (χ0) is 13.5. The standard InChI is InChI=1S/C13H17N3O3/c17-11-7-13(8-11)3-5-15(6-4-13)12-2-1-10(9-14-12)16(18)19/h1-2,9,11,17H,3-8H2. The van der Waals surface area contributed by atoms with E-state index in [1.807, 2.05) is 0 Å². The molecule has 19 heavy (non-hydrogen) atoms. The SMILES string of the molecule is O=[N+]([O-])c1ccc(N2CCC3(CC2)CC(O)C3)nc1. The molecule has 2 heterocycles. The first-order valence-electron chi connectivity index (χ1n) is 6.61. The van der Waals surface area contributed by atoms with Crippen molar-refractivity contribution in [1.29, 1.82) is 0 Å². The molecule has 2 fully saturated rings. The summed E-state index contributed by atoms with van der Waals surface area (Å²) in [7, 11) is 0. The second-order valence-corrected chi connectivity index (χ2v) is 5.68. The predicted molar refractivity (Wildman–Crippen MR) is 70.0 cm³/mol. The van der Waals surface area contributed by atoms with Crippen LogP contribution in [0.25, 0.3) is 0 Å². The number of aliphatic hydroxyl groups is 1. The van der Waals surface area contributed by atoms with Crippen LogP contribution >= 0.6 is 0 Å². The Kier molecular flexibility index (Phi) is 2.89. The van der Waals surface area contributed by atoms with Crippen LogP contribution in [0.3, 0.4) is 0 Å². The van der Waals surface area contributed by atoms with Gasteiger partial charge >= 0.3 is 0 Å². The molecule has 2 aliphatic rings. The van der Waals surface area contributed by atoms with E-state index < -0.39 is 4.92 Å². The number of pyridine rings is 1. The van der Waals surface area contributed by atoms with E-state index in [2.05, 4.69) is 9.88 Å². The highest BCUT2D eigenvalue weighted by atomic mass is 16.6. The summed E-state index contributed by atoms with van der Waals surface area (Å²) in [6, 6.07) is 3.21. The highest BCUT2D eigenvalue weighted by Gasteiger charge is 2.45. The maximum atomic E-state index is 10.6. The Morgan fingerprint density at radius 3 is 2.53 bits per heavy atom. The fourth-order valence-corrected chi connectivity index (χ4v) is 3.23. The molecule has 0 radical (unpaired) electrons. The molecule has 1 spiro atoms. The lowest BCUT2D eigenvalue weighted by molar-refractivity contribution is -0.385. The third kappa shape index (κ3) is 2.28. The van der Waals surface area contributed by atoms with E-state index in [9.17, 15) is 15.2 Å². The maximum absolute atomic E-state index is 10.6. The van der Waals surface area contributed by atoms with Gasteiger partial charge in [0.05, 0.1) is 11.0 Å². The average molecular weight is 263 g/mol. The van der Waals surface area contributed by atoms with Gasteiger partial charge in [0.1, 0.15) is 12.0 Å². The van der Waals surface area contributed by atoms with Crippen LogP contribution in [0.4, 0.5) is 11.5 Å². The summed E-state index contributed by atoms with van der Waals surface area (Å²) < 4.78 is 0. The van der Waals surface area contributed by atoms with Crippen LogP contribution in [-0.2, 0) is 0 Å². The Hall–Kier alpha value is -1.69. The first-order valence-corrected chi connectivity index (χ1v) is 6.61. The Morgan fingerprint density at radius 2 is 2.05 bits per heavy atom. The molecular weight excluding hydrogens is 246 g/mol. The van der Waals surface area contributed by atoms with Gasteiger partial charge in [0.25, 0.3) is 5.69 Å². The van der Waals surface area contributed by atoms with Gasteiger partial charge in [-0.15, -0.1) is 0 Å². The van der Waals surface area contributed by atoms with Crippen LogP contribution in [-0.4, -0.2) is 34.2 Å². The molecule has 0 unspecified atom stereocenters. The Labute approximate surface area is 111 Å². The van der Waals surface area contributed by atoms with Gasteiger partial charge in [-0.3, -0.25) is 10.1 Å². The second-order valence-electron chi connectivity index (χ2n) is 5.68. The molecule has 0 atom stereocenters. The van der Waals surface area contributed by atoms with Gasteiger partial charge in [-0.1, -0.05) is 0 Å². The lowest BCUT2D eigenvalue weighted by Crippen LogP contribution is -2.49. The van der Waals surface area contributed by atoms with E-state index in [4.69, 9.17) is 0 Å². The van der Waals surface area contributed by atoms with E-state index in [1.54, 1.807) is 6.07 Å². The van der Waals surface area contributed by atoms with Crippen LogP contribution in [0.5, 0.6) is 0 Å². The van der Waals surface area contributed by atoms with Crippen molar-refractivity contribution in [2.75, 3.05) is 18.0 Å². The van der Waals surface area contributed by atoms with Crippen molar-refractivity contribution in [3.63, 3.8) is 0 Å². The molecule has 1 aromatic rings. The molecule has 6 heteroatoms. The number of rotatable bonds is 2. The van der Waals surface area contributed by atoms with Gasteiger partial charge in [-0.05, 0) is 37.2 Å². The number of hydrogen-bond donors (Lipinski definition) is 1. The molecule has 1 saturated carbocycles. The molecule has 1 aliphatic heterocycles. The Balaban J connectivity index is 1.63. The van der Waals surface area contributed by atoms with Crippen LogP contribution in [0.15, 0.2) is 18.3 Å². The summed E-state index contributed by atoms with van der Waals surface area (Å²) >= 11 is 0. The number of aliphatic hydroxyl groups excluding tert-OH is 1. The number of anilines is 1. The van der Waals surface area contributed by atoms with E-state index in [1.165, 1.54) is 12.3 Å². The van der Waals surface area contributed by atoms with Gasteiger partial charge in [-0.2, -0.15) is 0 Å². The minimum Gasteiger partial charge on any atom is -0.393 e. The summed E-state index contributed by atoms with van der Waals surface area (Å²) in [5.74, 6) is 0.806. The first-order chi connectivity index (χ1) is 9.08. The number of aromatic nitrogens is 1. The first kappa shape index (κ1) is 12.3. The summed E-state index contributed by atoms with van der Waals surface area (Å²) in [5, 5.41) is 20.0. The van der Waals surface area contributed by atoms with Crippen molar-refractivity contribution < 1.29 is 10.0 Å². The molecule has 0 amide bonds. The van der Waals surface area contributed by atoms with Crippen molar-refractivity contribution in [2.45, 2.75) is 31.8 Å². The fourth-order valence-electron chi connectivity index (χ4n) is 3.23.